The Labute approximate surface area is 60.8 Å². The molecule has 0 aromatic rings. The molecule has 0 aliphatic carbocycles. The minimum atomic E-state index is -2.95. The minimum Gasteiger partial charge on any atom is -0.432 e. The van der Waals surface area contributed by atoms with Gasteiger partial charge in [0.2, 0.25) is 10.0 Å². The van der Waals surface area contributed by atoms with Crippen LogP contribution < -0.4 is 0 Å². The molecule has 0 aromatic carbocycles. The Hall–Kier alpha value is -0.130. The van der Waals surface area contributed by atoms with Gasteiger partial charge in [-0.05, 0) is 0 Å². The van der Waals surface area contributed by atoms with Crippen molar-refractivity contribution >= 4 is 10.0 Å². The summed E-state index contributed by atoms with van der Waals surface area (Å²) in [6, 6.07) is 0. The van der Waals surface area contributed by atoms with Crippen LogP contribution in [0.1, 0.15) is 0 Å². The Morgan fingerprint density at radius 1 is 1.30 bits per heavy atom. The van der Waals surface area contributed by atoms with Gasteiger partial charge in [0.1, 0.15) is 0 Å². The number of nitrogens with zero attached hydrogens (tertiary/aromatic N) is 1. The molecular formula is C5H12NO3S+. The van der Waals surface area contributed by atoms with Crippen LogP contribution in [0.5, 0.6) is 0 Å². The normalized spacial score (nSPS) is 22.9. The van der Waals surface area contributed by atoms with Crippen molar-refractivity contribution in [2.45, 2.75) is 0 Å². The number of hydrogen-bond donors (Lipinski definition) is 0. The first-order valence-electron chi connectivity index (χ1n) is 3.19. The predicted molar refractivity (Wildman–Crippen MR) is 38.4 cm³/mol. The Balaban J connectivity index is 2.56. The van der Waals surface area contributed by atoms with Crippen LogP contribution in [0.2, 0.25) is 0 Å². The Morgan fingerprint density at radius 3 is 2.10 bits per heavy atom. The first kappa shape index (κ1) is 7.97. The number of sulfonamides is 1. The van der Waals surface area contributed by atoms with E-state index in [0.29, 0.717) is 26.3 Å². The van der Waals surface area contributed by atoms with Crippen molar-refractivity contribution < 1.29 is 13.2 Å². The summed E-state index contributed by atoms with van der Waals surface area (Å²) in [5.41, 5.74) is 0. The van der Waals surface area contributed by atoms with Crippen molar-refractivity contribution in [1.29, 1.82) is 0 Å². The third kappa shape index (κ3) is 1.93. The maximum Gasteiger partial charge on any atom is 0.211 e. The van der Waals surface area contributed by atoms with Crippen molar-refractivity contribution in [2.24, 2.45) is 0 Å². The second kappa shape index (κ2) is 2.86. The molecule has 1 heterocycles. The van der Waals surface area contributed by atoms with Crippen molar-refractivity contribution in [1.82, 2.24) is 4.31 Å². The van der Waals surface area contributed by atoms with Crippen molar-refractivity contribution in [3.63, 3.8) is 0 Å². The molecule has 0 amide bonds. The van der Waals surface area contributed by atoms with E-state index in [4.69, 9.17) is 0 Å². The number of morpholine rings is 1. The van der Waals surface area contributed by atoms with Gasteiger partial charge >= 0.3 is 0 Å². The largest absolute Gasteiger partial charge is 0.432 e. The number of ether oxygens (including phenoxy) is 1. The quantitative estimate of drug-likeness (QED) is 0.459. The maximum atomic E-state index is 10.9. The van der Waals surface area contributed by atoms with E-state index in [-0.39, 0.29) is 0 Å². The van der Waals surface area contributed by atoms with Crippen molar-refractivity contribution in [3.05, 3.63) is 0 Å². The van der Waals surface area contributed by atoms with E-state index in [9.17, 15) is 8.42 Å². The van der Waals surface area contributed by atoms with E-state index in [1.807, 2.05) is 0 Å². The summed E-state index contributed by atoms with van der Waals surface area (Å²) in [6.07, 6.45) is 1.23. The molecule has 10 heavy (non-hydrogen) atoms. The van der Waals surface area contributed by atoms with Gasteiger partial charge in [0.15, 0.2) is 13.2 Å². The summed E-state index contributed by atoms with van der Waals surface area (Å²) in [6.45, 7) is 2.40. The molecule has 1 aliphatic heterocycles. The second-order valence-corrected chi connectivity index (χ2v) is 4.32. The zero-order valence-corrected chi connectivity index (χ0v) is 6.76. The summed E-state index contributed by atoms with van der Waals surface area (Å²) in [5, 5.41) is 0. The highest BCUT2D eigenvalue weighted by molar-refractivity contribution is 7.88. The molecule has 60 valence electrons. The van der Waals surface area contributed by atoms with Gasteiger partial charge in [-0.3, -0.25) is 0 Å². The van der Waals surface area contributed by atoms with Gasteiger partial charge in [0, 0.05) is 0 Å². The summed E-state index contributed by atoms with van der Waals surface area (Å²) >= 11 is 0. The molecule has 4 nitrogen and oxygen atoms in total. The van der Waals surface area contributed by atoms with Gasteiger partial charge in [-0.1, -0.05) is 0 Å². The summed E-state index contributed by atoms with van der Waals surface area (Å²) in [7, 11) is -2.95. The monoisotopic (exact) mass is 166 g/mol. The summed E-state index contributed by atoms with van der Waals surface area (Å²) in [5.74, 6) is 0. The lowest BCUT2D eigenvalue weighted by Gasteiger charge is -2.21. The van der Waals surface area contributed by atoms with Gasteiger partial charge in [-0.2, -0.15) is 4.31 Å². The molecular weight excluding hydrogens is 154 g/mol. The van der Waals surface area contributed by atoms with E-state index in [1.54, 1.807) is 0 Å². The van der Waals surface area contributed by atoms with E-state index >= 15 is 0 Å². The van der Waals surface area contributed by atoms with Crippen LogP contribution in [0, 0.1) is 0 Å². The fourth-order valence-electron chi connectivity index (χ4n) is 0.920. The van der Waals surface area contributed by atoms with E-state index in [0.717, 1.165) is 0 Å². The zero-order valence-electron chi connectivity index (χ0n) is 5.95. The van der Waals surface area contributed by atoms with E-state index < -0.39 is 10.0 Å². The molecule has 1 aliphatic rings. The van der Waals surface area contributed by atoms with E-state index in [2.05, 4.69) is 4.74 Å². The average Bonchev–Trinajstić information content (AvgIpc) is 1.88. The van der Waals surface area contributed by atoms with Gasteiger partial charge in [-0.25, -0.2) is 8.42 Å². The third-order valence-electron chi connectivity index (χ3n) is 1.48. The molecule has 0 spiro atoms. The molecule has 0 radical (unpaired) electrons. The van der Waals surface area contributed by atoms with Crippen LogP contribution in [0.4, 0.5) is 0 Å². The molecule has 0 aromatic heterocycles. The van der Waals surface area contributed by atoms with Gasteiger partial charge in [0.25, 0.3) is 0 Å². The van der Waals surface area contributed by atoms with Crippen molar-refractivity contribution in [2.75, 3.05) is 32.6 Å². The molecule has 0 unspecified atom stereocenters. The maximum absolute atomic E-state index is 10.9. The molecule has 1 rings (SSSR count). The van der Waals surface area contributed by atoms with Gasteiger partial charge in [0.05, 0.1) is 19.3 Å². The van der Waals surface area contributed by atoms with Crippen LogP contribution in [0.25, 0.3) is 0 Å². The molecule has 1 saturated heterocycles. The zero-order chi connectivity index (χ0) is 7.61. The second-order valence-electron chi connectivity index (χ2n) is 2.33. The summed E-state index contributed by atoms with van der Waals surface area (Å²) < 4.78 is 27.2. The molecule has 1 N–H and O–H groups in total. The van der Waals surface area contributed by atoms with E-state index in [1.165, 1.54) is 10.6 Å². The fraction of sp³-hybridized carbons (Fsp3) is 1.00. The number of aliphatic hydroxyl groups is 2. The van der Waals surface area contributed by atoms with Crippen LogP contribution in [-0.4, -0.2) is 50.0 Å². The average molecular weight is 166 g/mol. The first-order valence-corrected chi connectivity index (χ1v) is 5.04. The highest BCUT2D eigenvalue weighted by atomic mass is 32.2. The lowest BCUT2D eigenvalue weighted by Crippen LogP contribution is -2.41. The number of rotatable bonds is 1. The molecule has 0 atom stereocenters. The van der Waals surface area contributed by atoms with Crippen molar-refractivity contribution in [3.8, 4) is 0 Å². The van der Waals surface area contributed by atoms with Crippen LogP contribution in [0.3, 0.4) is 0 Å². The topological polar surface area (TPSA) is 50.2 Å². The molecule has 1 fully saturated rings. The Morgan fingerprint density at radius 2 is 1.80 bits per heavy atom. The molecule has 5 heteroatoms. The lowest BCUT2D eigenvalue weighted by atomic mass is 10.5. The lowest BCUT2D eigenvalue weighted by molar-refractivity contribution is -0.0723. The van der Waals surface area contributed by atoms with Gasteiger partial charge in [-0.15, -0.1) is 0 Å². The minimum absolute atomic E-state index is 0.554. The van der Waals surface area contributed by atoms with Gasteiger partial charge < -0.3 is 4.74 Å². The highest BCUT2D eigenvalue weighted by Gasteiger charge is 2.21. The summed E-state index contributed by atoms with van der Waals surface area (Å²) in [4.78, 5) is 0. The van der Waals surface area contributed by atoms with Crippen LogP contribution in [0.15, 0.2) is 0 Å². The first-order chi connectivity index (χ1) is 4.61. The van der Waals surface area contributed by atoms with Crippen LogP contribution >= 0.6 is 0 Å². The third-order valence-corrected chi connectivity index (χ3v) is 2.79. The Kier molecular flexibility index (Phi) is 2.28. The molecule has 0 bridgehead atoms. The Bertz CT molecular complexity index is 193. The predicted octanol–water partition coefficient (Wildman–Crippen LogP) is -1.21. The van der Waals surface area contributed by atoms with Crippen LogP contribution in [-0.2, 0) is 10.0 Å². The smallest absolute Gasteiger partial charge is 0.211 e. The highest BCUT2D eigenvalue weighted by Crippen LogP contribution is 1.99. The molecule has 0 saturated carbocycles. The number of hydrogen-bond acceptors (Lipinski definition) is 2. The fourth-order valence-corrected chi connectivity index (χ4v) is 1.75. The standard InChI is InChI=1S/C5H11NO3S/c1-10(7,8)6-2-4-9-5-3-6/h2-5H2,1H3/p+1. The SMILES string of the molecule is CS(=O)(=O)N1CC[OH+]CC1.